The van der Waals surface area contributed by atoms with Crippen LogP contribution in [-0.4, -0.2) is 45.2 Å². The Morgan fingerprint density at radius 1 is 1.29 bits per heavy atom. The number of carbonyl (C=O) groups excluding carboxylic acids is 2. The summed E-state index contributed by atoms with van der Waals surface area (Å²) in [5, 5.41) is 0. The maximum Gasteiger partial charge on any atom is 0.257 e. The standard InChI is InChI=1S/C11H16Cl2N2O2/c1-10(2)5-14-7(16)4-11(14,3)15(6-10)9(17)8(12)13/h8H,4-6H2,1-3H3. The average molecular weight is 279 g/mol. The van der Waals surface area contributed by atoms with Crippen LogP contribution in [0.2, 0.25) is 0 Å². The molecule has 2 amide bonds. The third-order valence-corrected chi connectivity index (χ3v) is 3.95. The highest BCUT2D eigenvalue weighted by Crippen LogP contribution is 2.43. The lowest BCUT2D eigenvalue weighted by molar-refractivity contribution is -0.201. The summed E-state index contributed by atoms with van der Waals surface area (Å²) in [5.74, 6) is -0.236. The van der Waals surface area contributed by atoms with E-state index < -0.39 is 10.5 Å². The van der Waals surface area contributed by atoms with E-state index in [1.165, 1.54) is 0 Å². The van der Waals surface area contributed by atoms with Crippen molar-refractivity contribution in [1.29, 1.82) is 0 Å². The van der Waals surface area contributed by atoms with Gasteiger partial charge in [0.15, 0.2) is 4.84 Å². The topological polar surface area (TPSA) is 40.6 Å². The summed E-state index contributed by atoms with van der Waals surface area (Å²) < 4.78 is 0. The van der Waals surface area contributed by atoms with Crippen LogP contribution in [-0.2, 0) is 9.59 Å². The smallest absolute Gasteiger partial charge is 0.257 e. The Labute approximate surface area is 111 Å². The van der Waals surface area contributed by atoms with Crippen LogP contribution in [0.5, 0.6) is 0 Å². The lowest BCUT2D eigenvalue weighted by atomic mass is 9.80. The second-order valence-corrected chi connectivity index (χ2v) is 6.86. The van der Waals surface area contributed by atoms with Crippen LogP contribution in [0, 0.1) is 5.41 Å². The molecule has 0 aliphatic carbocycles. The van der Waals surface area contributed by atoms with E-state index in [4.69, 9.17) is 23.2 Å². The van der Waals surface area contributed by atoms with Crippen LogP contribution in [0.25, 0.3) is 0 Å². The van der Waals surface area contributed by atoms with Crippen LogP contribution < -0.4 is 0 Å². The van der Waals surface area contributed by atoms with Crippen LogP contribution in [0.3, 0.4) is 0 Å². The normalized spacial score (nSPS) is 31.3. The van der Waals surface area contributed by atoms with Crippen LogP contribution in [0.1, 0.15) is 27.2 Å². The third kappa shape index (κ3) is 1.91. The van der Waals surface area contributed by atoms with Gasteiger partial charge >= 0.3 is 0 Å². The minimum absolute atomic E-state index is 0.0822. The molecule has 0 N–H and O–H groups in total. The number of nitrogens with zero attached hydrogens (tertiary/aromatic N) is 2. The van der Waals surface area contributed by atoms with E-state index in [0.29, 0.717) is 19.5 Å². The highest BCUT2D eigenvalue weighted by molar-refractivity contribution is 6.53. The number of carbonyl (C=O) groups is 2. The van der Waals surface area contributed by atoms with Crippen LogP contribution >= 0.6 is 23.2 Å². The summed E-state index contributed by atoms with van der Waals surface area (Å²) in [5.41, 5.74) is -0.667. The first-order valence-corrected chi connectivity index (χ1v) is 6.45. The highest BCUT2D eigenvalue weighted by Gasteiger charge is 2.58. The Kier molecular flexibility index (Phi) is 2.86. The van der Waals surface area contributed by atoms with Gasteiger partial charge in [-0.15, -0.1) is 0 Å². The van der Waals surface area contributed by atoms with Gasteiger partial charge in [0.2, 0.25) is 5.91 Å². The number of fused-ring (bicyclic) bond motifs is 1. The molecule has 6 heteroatoms. The maximum absolute atomic E-state index is 12.0. The Balaban J connectivity index is 2.30. The summed E-state index contributed by atoms with van der Waals surface area (Å²) in [7, 11) is 0. The molecule has 17 heavy (non-hydrogen) atoms. The summed E-state index contributed by atoms with van der Waals surface area (Å²) >= 11 is 11.3. The molecule has 2 rings (SSSR count). The van der Waals surface area contributed by atoms with Gasteiger partial charge in [-0.2, -0.15) is 0 Å². The van der Waals surface area contributed by atoms with Gasteiger partial charge < -0.3 is 9.80 Å². The Bertz CT molecular complexity index is 384. The highest BCUT2D eigenvalue weighted by atomic mass is 35.5. The van der Waals surface area contributed by atoms with E-state index in [2.05, 4.69) is 0 Å². The number of halogens is 2. The second kappa shape index (κ2) is 3.75. The van der Waals surface area contributed by atoms with Gasteiger partial charge in [0.05, 0.1) is 6.42 Å². The largest absolute Gasteiger partial charge is 0.318 e. The van der Waals surface area contributed by atoms with Crippen LogP contribution in [0.15, 0.2) is 0 Å². The van der Waals surface area contributed by atoms with Gasteiger partial charge in [0.25, 0.3) is 5.91 Å². The molecule has 2 aliphatic rings. The Morgan fingerprint density at radius 3 is 2.35 bits per heavy atom. The van der Waals surface area contributed by atoms with Gasteiger partial charge in [-0.05, 0) is 6.92 Å². The molecule has 2 fully saturated rings. The molecule has 96 valence electrons. The fourth-order valence-corrected chi connectivity index (χ4v) is 2.90. The Morgan fingerprint density at radius 2 is 1.88 bits per heavy atom. The van der Waals surface area contributed by atoms with Gasteiger partial charge in [-0.25, -0.2) is 0 Å². The number of rotatable bonds is 1. The fraction of sp³-hybridized carbons (Fsp3) is 0.818. The molecule has 4 nitrogen and oxygen atoms in total. The van der Waals surface area contributed by atoms with Crippen molar-refractivity contribution in [1.82, 2.24) is 9.80 Å². The van der Waals surface area contributed by atoms with Gasteiger partial charge in [-0.1, -0.05) is 37.0 Å². The van der Waals surface area contributed by atoms with Crippen molar-refractivity contribution in [3.05, 3.63) is 0 Å². The molecule has 0 aromatic carbocycles. The Hall–Kier alpha value is -0.480. The van der Waals surface area contributed by atoms with E-state index in [0.717, 1.165) is 0 Å². The van der Waals surface area contributed by atoms with Crippen molar-refractivity contribution in [3.63, 3.8) is 0 Å². The zero-order valence-electron chi connectivity index (χ0n) is 10.2. The summed E-state index contributed by atoms with van der Waals surface area (Å²) in [6.45, 7) is 7.17. The van der Waals surface area contributed by atoms with E-state index in [1.54, 1.807) is 9.80 Å². The van der Waals surface area contributed by atoms with Crippen molar-refractivity contribution >= 4 is 35.0 Å². The maximum atomic E-state index is 12.0. The van der Waals surface area contributed by atoms with Crippen LogP contribution in [0.4, 0.5) is 0 Å². The van der Waals surface area contributed by atoms with Crippen molar-refractivity contribution in [2.45, 2.75) is 37.7 Å². The number of hydrogen-bond acceptors (Lipinski definition) is 2. The first-order chi connectivity index (χ1) is 7.67. The predicted molar refractivity (Wildman–Crippen MR) is 65.7 cm³/mol. The number of amides is 2. The van der Waals surface area contributed by atoms with E-state index in [9.17, 15) is 9.59 Å². The molecule has 0 bridgehead atoms. The molecular formula is C11H16Cl2N2O2. The molecule has 1 atom stereocenters. The average Bonchev–Trinajstić information content (AvgIpc) is 2.20. The van der Waals surface area contributed by atoms with E-state index in [1.807, 2.05) is 20.8 Å². The van der Waals surface area contributed by atoms with Gasteiger partial charge in [-0.3, -0.25) is 9.59 Å². The minimum atomic E-state index is -1.07. The molecule has 0 aromatic rings. The zero-order chi connectivity index (χ0) is 13.0. The molecule has 0 radical (unpaired) electrons. The summed E-state index contributed by atoms with van der Waals surface area (Å²) in [4.78, 5) is 25.9. The van der Waals surface area contributed by atoms with E-state index in [-0.39, 0.29) is 17.2 Å². The van der Waals surface area contributed by atoms with Crippen molar-refractivity contribution in [3.8, 4) is 0 Å². The SMILES string of the molecule is CC1(C)CN2C(=O)CC2(C)N(C(=O)C(Cl)Cl)C1. The molecule has 0 aromatic heterocycles. The number of β-lactam (4-membered cyclic amide) rings is 1. The molecule has 0 spiro atoms. The van der Waals surface area contributed by atoms with Crippen molar-refractivity contribution in [2.24, 2.45) is 5.41 Å². The second-order valence-electron chi connectivity index (χ2n) is 5.76. The fourth-order valence-electron chi connectivity index (χ4n) is 2.66. The van der Waals surface area contributed by atoms with Gasteiger partial charge in [0, 0.05) is 18.5 Å². The third-order valence-electron chi connectivity index (χ3n) is 3.58. The molecular weight excluding hydrogens is 263 g/mol. The molecule has 2 saturated heterocycles. The zero-order valence-corrected chi connectivity index (χ0v) is 11.7. The first kappa shape index (κ1) is 13.0. The summed E-state index contributed by atoms with van der Waals surface area (Å²) in [6, 6.07) is 0. The quantitative estimate of drug-likeness (QED) is 0.540. The predicted octanol–water partition coefficient (Wildman–Crippen LogP) is 1.61. The lowest BCUT2D eigenvalue weighted by Crippen LogP contribution is -2.77. The number of hydrogen-bond donors (Lipinski definition) is 0. The van der Waals surface area contributed by atoms with Crippen molar-refractivity contribution < 1.29 is 9.59 Å². The van der Waals surface area contributed by atoms with E-state index >= 15 is 0 Å². The molecule has 1 unspecified atom stereocenters. The van der Waals surface area contributed by atoms with Gasteiger partial charge in [0.1, 0.15) is 5.66 Å². The monoisotopic (exact) mass is 278 g/mol. The minimum Gasteiger partial charge on any atom is -0.318 e. The summed E-state index contributed by atoms with van der Waals surface area (Å²) in [6.07, 6.45) is 0.356. The lowest BCUT2D eigenvalue weighted by Gasteiger charge is -2.62. The van der Waals surface area contributed by atoms with Crippen molar-refractivity contribution in [2.75, 3.05) is 13.1 Å². The molecule has 2 aliphatic heterocycles. The molecule has 2 heterocycles. The number of alkyl halides is 2. The first-order valence-electron chi connectivity index (χ1n) is 5.57. The molecule has 0 saturated carbocycles.